The fraction of sp³-hybridized carbons (Fsp3) is 0. The zero-order valence-electron chi connectivity index (χ0n) is 6.40. The summed E-state index contributed by atoms with van der Waals surface area (Å²) in [5.74, 6) is 0. The van der Waals surface area contributed by atoms with Crippen LogP contribution in [0.4, 0.5) is 0 Å². The zero-order chi connectivity index (χ0) is 9.26. The highest BCUT2D eigenvalue weighted by Crippen LogP contribution is 2.21. The highest BCUT2D eigenvalue weighted by Gasteiger charge is 2.07. The monoisotopic (exact) mass is 196 g/mol. The van der Waals surface area contributed by atoms with E-state index in [0.29, 0.717) is 21.7 Å². The smallest absolute Gasteiger partial charge is 0.142 e. The van der Waals surface area contributed by atoms with Crippen LogP contribution < -0.4 is 0 Å². The molecule has 0 unspecified atom stereocenters. The van der Waals surface area contributed by atoms with E-state index < -0.39 is 0 Å². The third-order valence-corrected chi connectivity index (χ3v) is 1.94. The fourth-order valence-electron chi connectivity index (χ4n) is 1.11. The summed E-state index contributed by atoms with van der Waals surface area (Å²) in [5, 5.41) is 12.3. The Bertz CT molecular complexity index is 464. The molecule has 2 aromatic rings. The van der Waals surface area contributed by atoms with Crippen molar-refractivity contribution in [1.29, 1.82) is 0 Å². The second kappa shape index (κ2) is 3.02. The van der Waals surface area contributed by atoms with E-state index in [9.17, 15) is 0 Å². The number of oxime groups is 1. The third-order valence-electron chi connectivity index (χ3n) is 1.65. The van der Waals surface area contributed by atoms with Gasteiger partial charge in [-0.25, -0.2) is 9.97 Å². The summed E-state index contributed by atoms with van der Waals surface area (Å²) < 4.78 is 0. The number of nitrogens with one attached hydrogen (secondary N) is 1. The van der Waals surface area contributed by atoms with E-state index in [-0.39, 0.29) is 0 Å². The minimum absolute atomic E-state index is 0.334. The predicted octanol–water partition coefficient (Wildman–Crippen LogP) is 1.42. The van der Waals surface area contributed by atoms with Gasteiger partial charge in [0.1, 0.15) is 17.1 Å². The highest BCUT2D eigenvalue weighted by atomic mass is 35.5. The van der Waals surface area contributed by atoms with E-state index >= 15 is 0 Å². The molecule has 0 aliphatic carbocycles. The summed E-state index contributed by atoms with van der Waals surface area (Å²) in [6, 6.07) is 0. The first-order valence-corrected chi connectivity index (χ1v) is 3.85. The number of fused-ring (bicyclic) bond motifs is 1. The summed E-state index contributed by atoms with van der Waals surface area (Å²) in [4.78, 5) is 10.6. The van der Waals surface area contributed by atoms with Crippen LogP contribution in [0.1, 0.15) is 5.56 Å². The summed E-state index contributed by atoms with van der Waals surface area (Å²) >= 11 is 5.82. The molecule has 2 N–H and O–H groups in total. The molecule has 0 radical (unpaired) electrons. The van der Waals surface area contributed by atoms with Crippen LogP contribution in [0.25, 0.3) is 11.0 Å². The third kappa shape index (κ3) is 1.23. The van der Waals surface area contributed by atoms with Crippen molar-refractivity contribution in [3.8, 4) is 0 Å². The average molecular weight is 197 g/mol. The Kier molecular flexibility index (Phi) is 1.86. The van der Waals surface area contributed by atoms with E-state index in [1.165, 1.54) is 12.5 Å². The van der Waals surface area contributed by atoms with Crippen LogP contribution in [0.15, 0.2) is 17.7 Å². The number of hydrogen-bond donors (Lipinski definition) is 2. The van der Waals surface area contributed by atoms with Gasteiger partial charge in [-0.1, -0.05) is 16.8 Å². The Labute approximate surface area is 78.1 Å². The number of nitrogens with zero attached hydrogens (tertiary/aromatic N) is 3. The molecular formula is C7H5ClN4O. The van der Waals surface area contributed by atoms with E-state index in [1.54, 1.807) is 6.20 Å². The maximum Gasteiger partial charge on any atom is 0.142 e. The van der Waals surface area contributed by atoms with Crippen LogP contribution in [0.3, 0.4) is 0 Å². The quantitative estimate of drug-likeness (QED) is 0.314. The van der Waals surface area contributed by atoms with Crippen LogP contribution in [-0.4, -0.2) is 26.4 Å². The summed E-state index contributed by atoms with van der Waals surface area (Å²) in [6.07, 6.45) is 4.28. The van der Waals surface area contributed by atoms with Crippen LogP contribution >= 0.6 is 11.6 Å². The molecule has 0 fully saturated rings. The molecule has 2 heterocycles. The van der Waals surface area contributed by atoms with E-state index in [0.717, 1.165) is 0 Å². The van der Waals surface area contributed by atoms with Crippen molar-refractivity contribution >= 4 is 28.8 Å². The fourth-order valence-corrected chi connectivity index (χ4v) is 1.35. The Balaban J connectivity index is 2.78. The molecule has 2 rings (SSSR count). The van der Waals surface area contributed by atoms with Crippen molar-refractivity contribution < 1.29 is 5.21 Å². The molecule has 0 spiro atoms. The first kappa shape index (κ1) is 8.00. The van der Waals surface area contributed by atoms with Gasteiger partial charge in [-0.2, -0.15) is 0 Å². The van der Waals surface area contributed by atoms with Gasteiger partial charge in [0.25, 0.3) is 0 Å². The summed E-state index contributed by atoms with van der Waals surface area (Å²) in [6.45, 7) is 0. The van der Waals surface area contributed by atoms with Crippen molar-refractivity contribution in [2.75, 3.05) is 0 Å². The highest BCUT2D eigenvalue weighted by molar-refractivity contribution is 6.35. The maximum atomic E-state index is 8.36. The van der Waals surface area contributed by atoms with Gasteiger partial charge in [-0.15, -0.1) is 0 Å². The Morgan fingerprint density at radius 2 is 2.38 bits per heavy atom. The lowest BCUT2D eigenvalue weighted by Gasteiger charge is -1.91. The van der Waals surface area contributed by atoms with Gasteiger partial charge in [0.15, 0.2) is 0 Å². The molecule has 0 atom stereocenters. The molecule has 0 aliphatic heterocycles. The number of hydrogen-bond acceptors (Lipinski definition) is 4. The number of H-pyrrole nitrogens is 1. The lowest BCUT2D eigenvalue weighted by atomic mass is 10.3. The van der Waals surface area contributed by atoms with Gasteiger partial charge in [-0.3, -0.25) is 0 Å². The first-order valence-electron chi connectivity index (χ1n) is 3.48. The minimum Gasteiger partial charge on any atom is -0.411 e. The van der Waals surface area contributed by atoms with Crippen molar-refractivity contribution in [1.82, 2.24) is 15.0 Å². The van der Waals surface area contributed by atoms with E-state index in [4.69, 9.17) is 16.8 Å². The van der Waals surface area contributed by atoms with Gasteiger partial charge < -0.3 is 10.2 Å². The molecule has 0 bridgehead atoms. The second-order valence-corrected chi connectivity index (χ2v) is 2.73. The van der Waals surface area contributed by atoms with E-state index in [2.05, 4.69) is 20.1 Å². The molecule has 0 amide bonds. The molecule has 6 heteroatoms. The van der Waals surface area contributed by atoms with Crippen molar-refractivity contribution in [2.45, 2.75) is 0 Å². The number of aromatic nitrogens is 3. The molecular weight excluding hydrogens is 192 g/mol. The topological polar surface area (TPSA) is 74.2 Å². The Morgan fingerprint density at radius 1 is 1.54 bits per heavy atom. The van der Waals surface area contributed by atoms with Gasteiger partial charge in [-0.05, 0) is 0 Å². The lowest BCUT2D eigenvalue weighted by Crippen LogP contribution is -1.83. The van der Waals surface area contributed by atoms with Crippen molar-refractivity contribution in [3.63, 3.8) is 0 Å². The molecule has 66 valence electrons. The summed E-state index contributed by atoms with van der Waals surface area (Å²) in [7, 11) is 0. The lowest BCUT2D eigenvalue weighted by molar-refractivity contribution is 0.322. The average Bonchev–Trinajstić information content (AvgIpc) is 2.51. The molecule has 0 aromatic carbocycles. The minimum atomic E-state index is 0.334. The van der Waals surface area contributed by atoms with Gasteiger partial charge in [0, 0.05) is 11.8 Å². The Hall–Kier alpha value is -1.62. The SMILES string of the molecule is O/N=C\c1c[nH]c2ncnc(Cl)c12. The zero-order valence-corrected chi connectivity index (χ0v) is 7.15. The normalized spacial score (nSPS) is 11.5. The molecule has 13 heavy (non-hydrogen) atoms. The van der Waals surface area contributed by atoms with Crippen molar-refractivity contribution in [2.24, 2.45) is 5.16 Å². The van der Waals surface area contributed by atoms with Crippen LogP contribution in [0.5, 0.6) is 0 Å². The van der Waals surface area contributed by atoms with Crippen LogP contribution in [0, 0.1) is 0 Å². The molecule has 0 aliphatic rings. The van der Waals surface area contributed by atoms with Gasteiger partial charge in [0.2, 0.25) is 0 Å². The van der Waals surface area contributed by atoms with Gasteiger partial charge in [0.05, 0.1) is 11.6 Å². The standard InChI is InChI=1S/C7H5ClN4O/c8-6-5-4(2-12-13)1-9-7(5)11-3-10-6/h1-3,13H,(H,9,10,11)/b12-2-. The van der Waals surface area contributed by atoms with Gasteiger partial charge >= 0.3 is 0 Å². The predicted molar refractivity (Wildman–Crippen MR) is 48.3 cm³/mol. The second-order valence-electron chi connectivity index (χ2n) is 2.38. The number of rotatable bonds is 1. The molecule has 0 saturated carbocycles. The molecule has 2 aromatic heterocycles. The number of aromatic amines is 1. The van der Waals surface area contributed by atoms with Crippen LogP contribution in [-0.2, 0) is 0 Å². The molecule has 5 nitrogen and oxygen atoms in total. The van der Waals surface area contributed by atoms with E-state index in [1.807, 2.05) is 0 Å². The first-order chi connectivity index (χ1) is 6.33. The Morgan fingerprint density at radius 3 is 3.15 bits per heavy atom. The van der Waals surface area contributed by atoms with Crippen LogP contribution in [0.2, 0.25) is 5.15 Å². The number of halogens is 1. The maximum absolute atomic E-state index is 8.36. The summed E-state index contributed by atoms with van der Waals surface area (Å²) in [5.41, 5.74) is 1.28. The van der Waals surface area contributed by atoms with Crippen molar-refractivity contribution in [3.05, 3.63) is 23.2 Å². The molecule has 0 saturated heterocycles. The largest absolute Gasteiger partial charge is 0.411 e.